The zero-order valence-corrected chi connectivity index (χ0v) is 25.0. The van der Waals surface area contributed by atoms with E-state index in [1.807, 2.05) is 13.8 Å². The maximum absolute atomic E-state index is 13.6. The van der Waals surface area contributed by atoms with Crippen molar-refractivity contribution >= 4 is 29.2 Å². The lowest BCUT2D eigenvalue weighted by Crippen LogP contribution is -2.61. The Morgan fingerprint density at radius 1 is 1.19 bits per heavy atom. The number of rotatable bonds is 4. The van der Waals surface area contributed by atoms with Gasteiger partial charge in [0.05, 0.1) is 19.2 Å². The maximum atomic E-state index is 13.6. The number of ether oxygens (including phenoxy) is 1. The number of carbonyl (C=O) groups excluding carboxylic acids is 3. The molecule has 226 valence electrons. The Hall–Kier alpha value is -4.37. The van der Waals surface area contributed by atoms with Gasteiger partial charge in [-0.2, -0.15) is 0 Å². The first-order chi connectivity index (χ1) is 20.0. The number of hydrogen-bond donors (Lipinski definition) is 2. The van der Waals surface area contributed by atoms with Gasteiger partial charge in [0.15, 0.2) is 17.1 Å². The molecule has 0 aliphatic carbocycles. The highest BCUT2D eigenvalue weighted by atomic mass is 19.1. The minimum absolute atomic E-state index is 0.0119. The summed E-state index contributed by atoms with van der Waals surface area (Å²) >= 11 is 0. The fourth-order valence-electron chi connectivity index (χ4n) is 4.99. The second kappa shape index (κ2) is 13.5. The number of furan rings is 1. The van der Waals surface area contributed by atoms with Crippen LogP contribution >= 0.6 is 0 Å². The highest BCUT2D eigenvalue weighted by Gasteiger charge is 2.43. The quantitative estimate of drug-likeness (QED) is 0.323. The van der Waals surface area contributed by atoms with Crippen LogP contribution < -0.4 is 15.4 Å². The summed E-state index contributed by atoms with van der Waals surface area (Å²) in [5.41, 5.74) is 0.334. The lowest BCUT2D eigenvalue weighted by atomic mass is 9.95. The molecule has 3 aliphatic rings. The van der Waals surface area contributed by atoms with Crippen LogP contribution in [-0.2, 0) is 21.7 Å². The average Bonchev–Trinajstić information content (AvgIpc) is 3.51. The largest absolute Gasteiger partial charge is 0.494 e. The Morgan fingerprint density at radius 3 is 2.48 bits per heavy atom. The standard InChI is InChI=1S/C18H27N5O3.C10H10FNO2.C2H2/c1-5-22-6-8-23(9-7-22)13(3)20-14-10-15(26-12(14)2)18(4)17(25)19-11-16(24)21-18;1-12-5-6-3-4-7(14-2)9(11)8(6)10(12)13;1-2/h10H,5-9,11H2,1-4H3,(H,19,25)(H,21,24);3-4H,5H2,1-2H3;1-2H. The van der Waals surface area contributed by atoms with Gasteiger partial charge < -0.3 is 34.5 Å². The second-order valence-corrected chi connectivity index (χ2v) is 10.3. The fraction of sp³-hybridized carbons (Fsp3) is 0.467. The number of aliphatic imine (C=N–C) groups is 1. The lowest BCUT2D eigenvalue weighted by Gasteiger charge is -2.35. The topological polar surface area (TPSA) is 120 Å². The molecule has 0 bridgehead atoms. The van der Waals surface area contributed by atoms with Crippen molar-refractivity contribution in [2.24, 2.45) is 4.99 Å². The van der Waals surface area contributed by atoms with Crippen LogP contribution in [0.15, 0.2) is 27.6 Å². The summed E-state index contributed by atoms with van der Waals surface area (Å²) in [6.07, 6.45) is 8.00. The Labute approximate surface area is 246 Å². The van der Waals surface area contributed by atoms with Crippen LogP contribution in [0.4, 0.5) is 10.1 Å². The molecule has 0 saturated carbocycles. The second-order valence-electron chi connectivity index (χ2n) is 10.3. The van der Waals surface area contributed by atoms with E-state index in [2.05, 4.69) is 40.2 Å². The molecule has 1 aromatic heterocycles. The molecular formula is C30H39FN6O5. The van der Waals surface area contributed by atoms with Crippen molar-refractivity contribution in [1.82, 2.24) is 25.3 Å². The molecule has 3 amide bonds. The van der Waals surface area contributed by atoms with E-state index in [0.29, 0.717) is 23.8 Å². The third kappa shape index (κ3) is 6.57. The van der Waals surface area contributed by atoms with Gasteiger partial charge in [-0.25, -0.2) is 9.38 Å². The Bertz CT molecular complexity index is 1380. The molecule has 1 atom stereocenters. The number of nitrogens with one attached hydrogen (secondary N) is 2. The first-order valence-electron chi connectivity index (χ1n) is 13.7. The van der Waals surface area contributed by atoms with Crippen molar-refractivity contribution in [3.63, 3.8) is 0 Å². The number of piperazine rings is 2. The molecule has 2 aromatic rings. The van der Waals surface area contributed by atoms with E-state index < -0.39 is 11.4 Å². The SMILES string of the molecule is C#C.CCN1CCN(C(C)=Nc2cc(C3(C)NC(=O)CNC3=O)oc2C)CC1.COc1ccc2c(c1F)C(=O)N(C)C2. The van der Waals surface area contributed by atoms with E-state index in [1.54, 1.807) is 32.2 Å². The number of methoxy groups -OCH3 is 1. The number of hydrogen-bond acceptors (Lipinski definition) is 7. The number of amidine groups is 1. The summed E-state index contributed by atoms with van der Waals surface area (Å²) in [6.45, 7) is 13.1. The van der Waals surface area contributed by atoms with Crippen LogP contribution in [0.3, 0.4) is 0 Å². The van der Waals surface area contributed by atoms with Gasteiger partial charge in [0.1, 0.15) is 23.0 Å². The number of carbonyl (C=O) groups is 3. The Morgan fingerprint density at radius 2 is 1.86 bits per heavy atom. The first kappa shape index (κ1) is 32.1. The maximum Gasteiger partial charge on any atom is 0.257 e. The van der Waals surface area contributed by atoms with Crippen LogP contribution in [0.5, 0.6) is 5.75 Å². The molecule has 1 unspecified atom stereocenters. The van der Waals surface area contributed by atoms with Gasteiger partial charge in [0.25, 0.3) is 11.8 Å². The van der Waals surface area contributed by atoms with Gasteiger partial charge in [-0.3, -0.25) is 14.4 Å². The fourth-order valence-corrected chi connectivity index (χ4v) is 4.99. The molecule has 11 nitrogen and oxygen atoms in total. The molecule has 2 N–H and O–H groups in total. The molecule has 4 heterocycles. The monoisotopic (exact) mass is 582 g/mol. The van der Waals surface area contributed by atoms with Crippen molar-refractivity contribution in [3.8, 4) is 18.6 Å². The van der Waals surface area contributed by atoms with E-state index in [-0.39, 0.29) is 35.6 Å². The van der Waals surface area contributed by atoms with Gasteiger partial charge in [0, 0.05) is 45.8 Å². The summed E-state index contributed by atoms with van der Waals surface area (Å²) in [4.78, 5) is 46.4. The van der Waals surface area contributed by atoms with Crippen LogP contribution in [0.2, 0.25) is 0 Å². The predicted octanol–water partition coefficient (Wildman–Crippen LogP) is 2.41. The number of aryl methyl sites for hydroxylation is 1. The van der Waals surface area contributed by atoms with Crippen LogP contribution in [-0.4, -0.2) is 91.7 Å². The molecule has 0 radical (unpaired) electrons. The van der Waals surface area contributed by atoms with Gasteiger partial charge in [0.2, 0.25) is 5.91 Å². The molecule has 1 aromatic carbocycles. The number of halogens is 1. The van der Waals surface area contributed by atoms with Crippen LogP contribution in [0.1, 0.15) is 48.2 Å². The van der Waals surface area contributed by atoms with Gasteiger partial charge >= 0.3 is 0 Å². The Balaban J connectivity index is 0.000000254. The van der Waals surface area contributed by atoms with Crippen molar-refractivity contribution in [3.05, 3.63) is 46.7 Å². The summed E-state index contributed by atoms with van der Waals surface area (Å²) < 4.78 is 24.2. The van der Waals surface area contributed by atoms with E-state index in [4.69, 9.17) is 14.1 Å². The smallest absolute Gasteiger partial charge is 0.257 e. The zero-order valence-electron chi connectivity index (χ0n) is 25.0. The highest BCUT2D eigenvalue weighted by molar-refractivity contribution is 5.99. The zero-order chi connectivity index (χ0) is 31.2. The number of nitrogens with zero attached hydrogens (tertiary/aromatic N) is 4. The molecular weight excluding hydrogens is 543 g/mol. The van der Waals surface area contributed by atoms with Gasteiger partial charge in [-0.05, 0) is 38.9 Å². The molecule has 5 rings (SSSR count). The number of terminal acetylenes is 1. The van der Waals surface area contributed by atoms with Crippen molar-refractivity contribution in [1.29, 1.82) is 0 Å². The summed E-state index contributed by atoms with van der Waals surface area (Å²) in [5.74, 6) is 0.704. The van der Waals surface area contributed by atoms with E-state index >= 15 is 0 Å². The molecule has 42 heavy (non-hydrogen) atoms. The third-order valence-corrected chi connectivity index (χ3v) is 7.58. The summed E-state index contributed by atoms with van der Waals surface area (Å²) in [6, 6.07) is 5.01. The van der Waals surface area contributed by atoms with Gasteiger partial charge in [-0.15, -0.1) is 12.8 Å². The third-order valence-electron chi connectivity index (χ3n) is 7.58. The molecule has 2 saturated heterocycles. The van der Waals surface area contributed by atoms with Gasteiger partial charge in [-0.1, -0.05) is 13.0 Å². The summed E-state index contributed by atoms with van der Waals surface area (Å²) in [7, 11) is 3.03. The molecule has 0 spiro atoms. The van der Waals surface area contributed by atoms with E-state index in [1.165, 1.54) is 12.0 Å². The first-order valence-corrected chi connectivity index (χ1v) is 13.7. The molecule has 2 fully saturated rings. The van der Waals surface area contributed by atoms with E-state index in [0.717, 1.165) is 44.1 Å². The van der Waals surface area contributed by atoms with Crippen molar-refractivity contribution in [2.45, 2.75) is 39.8 Å². The van der Waals surface area contributed by atoms with Crippen LogP contribution in [0.25, 0.3) is 0 Å². The van der Waals surface area contributed by atoms with Crippen molar-refractivity contribution in [2.75, 3.05) is 53.4 Å². The predicted molar refractivity (Wildman–Crippen MR) is 157 cm³/mol. The molecule has 3 aliphatic heterocycles. The number of likely N-dealkylation sites (N-methyl/N-ethyl adjacent to an activating group) is 1. The number of fused-ring (bicyclic) bond motifs is 1. The highest BCUT2D eigenvalue weighted by Crippen LogP contribution is 2.32. The number of amides is 3. The molecule has 12 heteroatoms. The van der Waals surface area contributed by atoms with E-state index in [9.17, 15) is 18.8 Å². The normalized spacial score (nSPS) is 20.5. The summed E-state index contributed by atoms with van der Waals surface area (Å²) in [5, 5.41) is 5.31. The van der Waals surface area contributed by atoms with Crippen LogP contribution in [0, 0.1) is 25.6 Å². The van der Waals surface area contributed by atoms with Crippen molar-refractivity contribution < 1.29 is 27.9 Å². The Kier molecular flexibility index (Phi) is 10.4. The minimum atomic E-state index is -1.21. The number of benzene rings is 1. The minimum Gasteiger partial charge on any atom is -0.494 e. The average molecular weight is 583 g/mol. The lowest BCUT2D eigenvalue weighted by molar-refractivity contribution is -0.139.